The van der Waals surface area contributed by atoms with Gasteiger partial charge in [0.25, 0.3) is 0 Å². The number of fused-ring (bicyclic) bond motifs is 2. The van der Waals surface area contributed by atoms with E-state index in [0.717, 1.165) is 6.42 Å². The number of likely N-dealkylation sites (tertiary alicyclic amines) is 1. The van der Waals surface area contributed by atoms with Crippen LogP contribution in [0.15, 0.2) is 42.5 Å². The van der Waals surface area contributed by atoms with Crippen LogP contribution in [0.3, 0.4) is 0 Å². The third-order valence-corrected chi connectivity index (χ3v) is 13.8. The minimum atomic E-state index is -1.85. The van der Waals surface area contributed by atoms with Gasteiger partial charge in [0.05, 0.1) is 36.9 Å². The third-order valence-electron chi connectivity index (χ3n) is 13.8. The zero-order chi connectivity index (χ0) is 35.8. The summed E-state index contributed by atoms with van der Waals surface area (Å²) in [5, 5.41) is 37.8. The number of nitrogens with zero attached hydrogens (tertiary/aromatic N) is 1. The van der Waals surface area contributed by atoms with Crippen LogP contribution in [0.2, 0.25) is 0 Å². The number of piperidine rings is 1. The molecule has 6 aliphatic rings. The highest BCUT2D eigenvalue weighted by atomic mass is 16.6. The standard InChI is InChI=1S/C38H53NO11/c1-7-9-11-16-25(41)50-38-26-22(18-36(44,33(48-6)31(38)42)32(26)49-34(43)21-14-12-10-13-15-21)37-24(46-4)17-23(40)35(20-45-3)19-39(8-2)30(37)27(38)28(47-5)29(35)37/h9-15,22-24,26-33,40,42,44H,7-8,16-20H2,1-6H3/b11-9+/t22?,23-,24+,26?,27-,28+,29?,30-,31+,32-,33+,35+,36-,37+,38-/m1/s1. The van der Waals surface area contributed by atoms with Gasteiger partial charge >= 0.3 is 11.9 Å². The van der Waals surface area contributed by atoms with Gasteiger partial charge in [-0.05, 0) is 37.4 Å². The van der Waals surface area contributed by atoms with Gasteiger partial charge in [-0.1, -0.05) is 44.2 Å². The molecule has 276 valence electrons. The van der Waals surface area contributed by atoms with Gasteiger partial charge in [-0.15, -0.1) is 0 Å². The predicted octanol–water partition coefficient (Wildman–Crippen LogP) is 1.98. The number of aliphatic hydroxyl groups is 3. The summed E-state index contributed by atoms with van der Waals surface area (Å²) in [6.45, 7) is 5.34. The Balaban J connectivity index is 1.51. The van der Waals surface area contributed by atoms with Crippen molar-refractivity contribution < 1.29 is 53.3 Å². The first-order chi connectivity index (χ1) is 24.0. The van der Waals surface area contributed by atoms with Crippen LogP contribution in [0.4, 0.5) is 0 Å². The van der Waals surface area contributed by atoms with Crippen molar-refractivity contribution in [3.05, 3.63) is 48.0 Å². The van der Waals surface area contributed by atoms with Crippen molar-refractivity contribution in [2.75, 3.05) is 48.1 Å². The summed E-state index contributed by atoms with van der Waals surface area (Å²) in [6.07, 6.45) is -1.28. The van der Waals surface area contributed by atoms with E-state index in [-0.39, 0.29) is 25.5 Å². The molecule has 0 aromatic heterocycles. The van der Waals surface area contributed by atoms with E-state index in [0.29, 0.717) is 25.1 Å². The van der Waals surface area contributed by atoms with E-state index in [2.05, 4.69) is 11.8 Å². The number of allylic oxidation sites excluding steroid dienone is 1. The molecule has 7 rings (SSSR count). The van der Waals surface area contributed by atoms with Crippen molar-refractivity contribution in [1.82, 2.24) is 4.90 Å². The van der Waals surface area contributed by atoms with Crippen molar-refractivity contribution in [3.8, 4) is 0 Å². The zero-order valence-corrected chi connectivity index (χ0v) is 29.9. The summed E-state index contributed by atoms with van der Waals surface area (Å²) in [6, 6.07) is 8.20. The van der Waals surface area contributed by atoms with Gasteiger partial charge in [-0.3, -0.25) is 9.69 Å². The lowest BCUT2D eigenvalue weighted by molar-refractivity contribution is -0.322. The van der Waals surface area contributed by atoms with E-state index in [9.17, 15) is 24.9 Å². The Kier molecular flexibility index (Phi) is 9.28. The molecule has 1 heterocycles. The van der Waals surface area contributed by atoms with Crippen molar-refractivity contribution in [3.63, 3.8) is 0 Å². The number of benzene rings is 1. The van der Waals surface area contributed by atoms with Crippen LogP contribution in [0, 0.1) is 34.5 Å². The van der Waals surface area contributed by atoms with Gasteiger partial charge in [0.2, 0.25) is 0 Å². The second kappa shape index (κ2) is 12.9. The second-order valence-electron chi connectivity index (χ2n) is 15.4. The van der Waals surface area contributed by atoms with Crippen LogP contribution in [0.25, 0.3) is 0 Å². The van der Waals surface area contributed by atoms with Crippen LogP contribution in [-0.2, 0) is 33.2 Å². The molecule has 1 aliphatic heterocycles. The number of aliphatic hydroxyl groups excluding tert-OH is 2. The number of ether oxygens (including phenoxy) is 6. The summed E-state index contributed by atoms with van der Waals surface area (Å²) < 4.78 is 38.0. The highest BCUT2D eigenvalue weighted by molar-refractivity contribution is 5.89. The number of carbonyl (C=O) groups excluding carboxylic acids is 2. The fourth-order valence-electron chi connectivity index (χ4n) is 12.6. The highest BCUT2D eigenvalue weighted by Gasteiger charge is 2.92. The van der Waals surface area contributed by atoms with E-state index in [1.807, 2.05) is 13.0 Å². The molecule has 1 aromatic rings. The zero-order valence-electron chi connectivity index (χ0n) is 29.9. The Bertz CT molecular complexity index is 1480. The first kappa shape index (κ1) is 36.0. The van der Waals surface area contributed by atoms with Crippen LogP contribution in [0.1, 0.15) is 49.9 Å². The molecule has 50 heavy (non-hydrogen) atoms. The van der Waals surface area contributed by atoms with Gasteiger partial charge in [-0.25, -0.2) is 4.79 Å². The molecule has 5 aliphatic carbocycles. The fourth-order valence-corrected chi connectivity index (χ4v) is 12.6. The minimum Gasteiger partial charge on any atom is -0.455 e. The second-order valence-corrected chi connectivity index (χ2v) is 15.4. The third kappa shape index (κ3) is 4.39. The Morgan fingerprint density at radius 1 is 0.980 bits per heavy atom. The number of methoxy groups -OCH3 is 4. The number of carbonyl (C=O) groups is 2. The average Bonchev–Trinajstić information content (AvgIpc) is 3.48. The molecule has 5 saturated carbocycles. The lowest BCUT2D eigenvalue weighted by Gasteiger charge is -2.70. The normalized spacial score (nSPS) is 47.0. The number of esters is 2. The number of hydrogen-bond donors (Lipinski definition) is 3. The molecule has 3 unspecified atom stereocenters. The lowest BCUT2D eigenvalue weighted by Crippen LogP contribution is -2.81. The largest absolute Gasteiger partial charge is 0.455 e. The molecule has 12 heteroatoms. The molecular formula is C38H53NO11. The fraction of sp³-hybridized carbons (Fsp3) is 0.737. The molecule has 1 saturated heterocycles. The molecular weight excluding hydrogens is 646 g/mol. The molecule has 1 aromatic carbocycles. The van der Waals surface area contributed by atoms with E-state index in [4.69, 9.17) is 28.4 Å². The average molecular weight is 700 g/mol. The maximum atomic E-state index is 14.1. The summed E-state index contributed by atoms with van der Waals surface area (Å²) in [4.78, 5) is 30.3. The van der Waals surface area contributed by atoms with E-state index in [1.54, 1.807) is 57.7 Å². The molecule has 3 N–H and O–H groups in total. The first-order valence-electron chi connectivity index (χ1n) is 18.1. The van der Waals surface area contributed by atoms with Crippen LogP contribution in [-0.4, -0.2) is 134 Å². The molecule has 1 spiro atoms. The predicted molar refractivity (Wildman–Crippen MR) is 179 cm³/mol. The Morgan fingerprint density at radius 3 is 2.34 bits per heavy atom. The van der Waals surface area contributed by atoms with Crippen molar-refractivity contribution in [1.29, 1.82) is 0 Å². The smallest absolute Gasteiger partial charge is 0.338 e. The highest BCUT2D eigenvalue weighted by Crippen LogP contribution is 2.80. The molecule has 0 radical (unpaired) electrons. The molecule has 15 atom stereocenters. The molecule has 7 bridgehead atoms. The molecule has 12 nitrogen and oxygen atoms in total. The summed E-state index contributed by atoms with van der Waals surface area (Å²) >= 11 is 0. The maximum absolute atomic E-state index is 14.1. The van der Waals surface area contributed by atoms with Crippen molar-refractivity contribution in [2.24, 2.45) is 34.5 Å². The first-order valence-corrected chi connectivity index (χ1v) is 18.1. The van der Waals surface area contributed by atoms with Crippen LogP contribution < -0.4 is 0 Å². The van der Waals surface area contributed by atoms with Gasteiger partial charge in [0.1, 0.15) is 23.9 Å². The van der Waals surface area contributed by atoms with E-state index in [1.165, 1.54) is 7.11 Å². The van der Waals surface area contributed by atoms with Crippen molar-refractivity contribution in [2.45, 2.75) is 93.4 Å². The molecule has 6 fully saturated rings. The quantitative estimate of drug-likeness (QED) is 0.216. The van der Waals surface area contributed by atoms with E-state index < -0.39 is 94.3 Å². The number of hydrogen-bond acceptors (Lipinski definition) is 12. The Labute approximate surface area is 294 Å². The maximum Gasteiger partial charge on any atom is 0.338 e. The number of rotatable bonds is 12. The Morgan fingerprint density at radius 2 is 1.72 bits per heavy atom. The van der Waals surface area contributed by atoms with Crippen molar-refractivity contribution >= 4 is 11.9 Å². The van der Waals surface area contributed by atoms with Gasteiger partial charge in [0, 0.05) is 76.0 Å². The van der Waals surface area contributed by atoms with Crippen LogP contribution >= 0.6 is 0 Å². The summed E-state index contributed by atoms with van der Waals surface area (Å²) in [5.41, 5.74) is -4.88. The van der Waals surface area contributed by atoms with Crippen LogP contribution in [0.5, 0.6) is 0 Å². The van der Waals surface area contributed by atoms with Gasteiger partial charge in [0.15, 0.2) is 5.60 Å². The topological polar surface area (TPSA) is 153 Å². The monoisotopic (exact) mass is 699 g/mol. The van der Waals surface area contributed by atoms with Gasteiger partial charge < -0.3 is 43.7 Å². The minimum absolute atomic E-state index is 0.0375. The summed E-state index contributed by atoms with van der Waals surface area (Å²) in [5.74, 6) is -3.66. The summed E-state index contributed by atoms with van der Waals surface area (Å²) in [7, 11) is 6.31. The molecule has 0 amide bonds. The van der Waals surface area contributed by atoms with Gasteiger partial charge in [-0.2, -0.15) is 0 Å². The van der Waals surface area contributed by atoms with E-state index >= 15 is 0 Å². The Hall–Kier alpha value is -2.42. The SMILES string of the molecule is CC/C=C/CC(=O)O[C@@]12C3C(C[C@@](O)([C@@H]3OC(=O)c3ccccc3)[C@@H](OC)[C@@H]1O)[C@]13C4[C@@H](OC)[C@@H]2[C@H]1N(CC)C[C@]4(COC)[C@H](O)C[C@@H]3OC. The lowest BCUT2D eigenvalue weighted by atomic mass is 9.42.